The molecular weight excluding hydrogens is 262 g/mol. The van der Waals surface area contributed by atoms with E-state index in [9.17, 15) is 14.4 Å². The van der Waals surface area contributed by atoms with Crippen molar-refractivity contribution in [3.05, 3.63) is 33.4 Å². The Balaban J connectivity index is 2.37. The van der Waals surface area contributed by atoms with E-state index >= 15 is 0 Å². The normalized spacial score (nSPS) is 14.9. The number of carbonyl (C=O) groups is 2. The monoisotopic (exact) mass is 279 g/mol. The molecule has 108 valence electrons. The summed E-state index contributed by atoms with van der Waals surface area (Å²) in [5.74, 6) is -0.818. The molecule has 2 rings (SSSR count). The Morgan fingerprint density at radius 3 is 2.70 bits per heavy atom. The summed E-state index contributed by atoms with van der Waals surface area (Å²) in [7, 11) is 1.61. The zero-order chi connectivity index (χ0) is 14.9. The number of aryl methyl sites for hydroxylation is 1. The molecule has 0 saturated carbocycles. The zero-order valence-corrected chi connectivity index (χ0v) is 11.7. The van der Waals surface area contributed by atoms with Crippen LogP contribution in [0.2, 0.25) is 0 Å². The van der Waals surface area contributed by atoms with Crippen LogP contribution < -0.4 is 10.9 Å². The molecule has 1 aromatic heterocycles. The summed E-state index contributed by atoms with van der Waals surface area (Å²) in [5, 5.41) is 2.24. The van der Waals surface area contributed by atoms with Gasteiger partial charge in [0, 0.05) is 13.2 Å². The van der Waals surface area contributed by atoms with Crippen LogP contribution in [0.3, 0.4) is 0 Å². The molecule has 0 spiro atoms. The highest BCUT2D eigenvalue weighted by Crippen LogP contribution is 2.22. The molecule has 20 heavy (non-hydrogen) atoms. The lowest BCUT2D eigenvalue weighted by Gasteiger charge is -2.24. The molecule has 2 heterocycles. The number of methoxy groups -OCH3 is 1. The second-order valence-electron chi connectivity index (χ2n) is 5.41. The highest BCUT2D eigenvalue weighted by atomic mass is 16.5. The highest BCUT2D eigenvalue weighted by molar-refractivity contribution is 6.09. The van der Waals surface area contributed by atoms with Crippen molar-refractivity contribution in [2.45, 2.75) is 38.7 Å². The first-order valence-electron chi connectivity index (χ1n) is 6.37. The number of carbonyl (C=O) groups excluding carboxylic acids is 2. The maximum absolute atomic E-state index is 11.9. The zero-order valence-electron chi connectivity index (χ0n) is 11.7. The molecule has 1 aliphatic heterocycles. The molecule has 0 saturated heterocycles. The van der Waals surface area contributed by atoms with Gasteiger partial charge in [0.1, 0.15) is 5.76 Å². The first-order valence-corrected chi connectivity index (χ1v) is 6.37. The van der Waals surface area contributed by atoms with Gasteiger partial charge in [-0.3, -0.25) is 14.9 Å². The number of nitrogens with one attached hydrogen (secondary N) is 1. The topological polar surface area (TPSA) is 85.6 Å². The van der Waals surface area contributed by atoms with Crippen LogP contribution in [0.1, 0.15) is 41.9 Å². The summed E-state index contributed by atoms with van der Waals surface area (Å²) in [6.45, 7) is 3.85. The number of hydrogen-bond acceptors (Lipinski definition) is 5. The first kappa shape index (κ1) is 14.5. The average Bonchev–Trinajstić information content (AvgIpc) is 2.34. The molecule has 6 nitrogen and oxygen atoms in total. The SMILES string of the molecule is COC(C)(C)CCc1cc(=O)oc2c1C(=O)NC(=O)C2. The Hall–Kier alpha value is -1.95. The summed E-state index contributed by atoms with van der Waals surface area (Å²) in [6, 6.07) is 1.31. The standard InChI is InChI=1S/C14H17NO5/c1-14(2,19-3)5-4-8-6-11(17)20-9-7-10(16)15-13(18)12(8)9/h6H,4-5,7H2,1-3H3,(H,15,16,18). The van der Waals surface area contributed by atoms with Gasteiger partial charge in [-0.05, 0) is 32.3 Å². The van der Waals surface area contributed by atoms with Gasteiger partial charge in [0.25, 0.3) is 5.91 Å². The van der Waals surface area contributed by atoms with Gasteiger partial charge in [-0.15, -0.1) is 0 Å². The van der Waals surface area contributed by atoms with Gasteiger partial charge in [-0.25, -0.2) is 4.79 Å². The second-order valence-corrected chi connectivity index (χ2v) is 5.41. The number of imide groups is 1. The van der Waals surface area contributed by atoms with Gasteiger partial charge in [0.05, 0.1) is 17.6 Å². The van der Waals surface area contributed by atoms with E-state index in [1.807, 2.05) is 13.8 Å². The largest absolute Gasteiger partial charge is 0.426 e. The van der Waals surface area contributed by atoms with E-state index in [1.54, 1.807) is 7.11 Å². The van der Waals surface area contributed by atoms with Gasteiger partial charge in [0.15, 0.2) is 0 Å². The molecule has 0 fully saturated rings. The lowest BCUT2D eigenvalue weighted by atomic mass is 9.94. The van der Waals surface area contributed by atoms with E-state index in [0.717, 1.165) is 0 Å². The van der Waals surface area contributed by atoms with Crippen LogP contribution in [-0.2, 0) is 22.4 Å². The van der Waals surface area contributed by atoms with Crippen LogP contribution in [0.25, 0.3) is 0 Å². The van der Waals surface area contributed by atoms with Gasteiger partial charge >= 0.3 is 5.63 Å². The van der Waals surface area contributed by atoms with Gasteiger partial charge in [-0.2, -0.15) is 0 Å². The Morgan fingerprint density at radius 1 is 1.35 bits per heavy atom. The minimum atomic E-state index is -0.545. The first-order chi connectivity index (χ1) is 9.32. The summed E-state index contributed by atoms with van der Waals surface area (Å²) in [6.07, 6.45) is 1.05. The average molecular weight is 279 g/mol. The van der Waals surface area contributed by atoms with E-state index in [2.05, 4.69) is 5.32 Å². The third kappa shape index (κ3) is 2.96. The van der Waals surface area contributed by atoms with Crippen LogP contribution in [0.4, 0.5) is 0 Å². The fourth-order valence-corrected chi connectivity index (χ4v) is 2.11. The summed E-state index contributed by atoms with van der Waals surface area (Å²) in [5.41, 5.74) is -0.0110. The van der Waals surface area contributed by atoms with Crippen molar-refractivity contribution in [3.8, 4) is 0 Å². The minimum Gasteiger partial charge on any atom is -0.426 e. The smallest absolute Gasteiger partial charge is 0.336 e. The molecule has 0 bridgehead atoms. The molecule has 6 heteroatoms. The fraction of sp³-hybridized carbons (Fsp3) is 0.500. The second kappa shape index (κ2) is 5.20. The van der Waals surface area contributed by atoms with Crippen LogP contribution in [0, 0.1) is 0 Å². The van der Waals surface area contributed by atoms with E-state index < -0.39 is 17.4 Å². The van der Waals surface area contributed by atoms with E-state index in [-0.39, 0.29) is 17.8 Å². The molecule has 0 aliphatic carbocycles. The van der Waals surface area contributed by atoms with Crippen molar-refractivity contribution in [2.75, 3.05) is 7.11 Å². The van der Waals surface area contributed by atoms with E-state index in [4.69, 9.17) is 9.15 Å². The molecule has 1 N–H and O–H groups in total. The molecule has 0 atom stereocenters. The fourth-order valence-electron chi connectivity index (χ4n) is 2.11. The summed E-state index contributed by atoms with van der Waals surface area (Å²) in [4.78, 5) is 34.7. The Morgan fingerprint density at radius 2 is 2.05 bits per heavy atom. The maximum atomic E-state index is 11.9. The molecular formula is C14H17NO5. The van der Waals surface area contributed by atoms with Crippen molar-refractivity contribution >= 4 is 11.8 Å². The van der Waals surface area contributed by atoms with Gasteiger partial charge < -0.3 is 9.15 Å². The van der Waals surface area contributed by atoms with E-state index in [0.29, 0.717) is 24.0 Å². The van der Waals surface area contributed by atoms with Gasteiger partial charge in [0.2, 0.25) is 5.91 Å². The molecule has 0 unspecified atom stereocenters. The quantitative estimate of drug-likeness (QED) is 0.824. The predicted octanol–water partition coefficient (Wildman–Crippen LogP) is 0.810. The number of hydrogen-bond donors (Lipinski definition) is 1. The van der Waals surface area contributed by atoms with Crippen molar-refractivity contribution in [1.82, 2.24) is 5.32 Å². The number of rotatable bonds is 4. The number of fused-ring (bicyclic) bond motifs is 1. The van der Waals surface area contributed by atoms with Gasteiger partial charge in [-0.1, -0.05) is 0 Å². The number of ether oxygens (including phenoxy) is 1. The lowest BCUT2D eigenvalue weighted by Crippen LogP contribution is -2.39. The summed E-state index contributed by atoms with van der Waals surface area (Å²) < 4.78 is 10.3. The van der Waals surface area contributed by atoms with Crippen molar-refractivity contribution in [2.24, 2.45) is 0 Å². The molecule has 1 aromatic rings. The minimum absolute atomic E-state index is 0.0855. The van der Waals surface area contributed by atoms with Crippen LogP contribution in [0.15, 0.2) is 15.3 Å². The molecule has 2 amide bonds. The maximum Gasteiger partial charge on any atom is 0.336 e. The van der Waals surface area contributed by atoms with Crippen molar-refractivity contribution < 1.29 is 18.7 Å². The molecule has 0 radical (unpaired) electrons. The predicted molar refractivity (Wildman–Crippen MR) is 70.6 cm³/mol. The third-order valence-corrected chi connectivity index (χ3v) is 3.47. The molecule has 0 aromatic carbocycles. The molecule has 1 aliphatic rings. The van der Waals surface area contributed by atoms with Crippen molar-refractivity contribution in [3.63, 3.8) is 0 Å². The Kier molecular flexibility index (Phi) is 3.76. The van der Waals surface area contributed by atoms with Crippen LogP contribution in [0.5, 0.6) is 0 Å². The van der Waals surface area contributed by atoms with Crippen LogP contribution in [-0.4, -0.2) is 24.5 Å². The highest BCUT2D eigenvalue weighted by Gasteiger charge is 2.28. The van der Waals surface area contributed by atoms with Crippen molar-refractivity contribution in [1.29, 1.82) is 0 Å². The summed E-state index contributed by atoms with van der Waals surface area (Å²) >= 11 is 0. The Bertz CT molecular complexity index is 614. The van der Waals surface area contributed by atoms with E-state index in [1.165, 1.54) is 6.07 Å². The Labute approximate surface area is 116 Å². The number of amides is 2. The van der Waals surface area contributed by atoms with Crippen LogP contribution >= 0.6 is 0 Å². The third-order valence-electron chi connectivity index (χ3n) is 3.47. The lowest BCUT2D eigenvalue weighted by molar-refractivity contribution is -0.120.